The number of nitrogens with zero attached hydrogens (tertiary/aromatic N) is 2. The highest BCUT2D eigenvalue weighted by atomic mass is 79.9. The number of benzene rings is 1. The minimum Gasteiger partial charge on any atom is -0.486 e. The maximum absolute atomic E-state index is 8.72. The van der Waals surface area contributed by atoms with E-state index in [2.05, 4.69) is 26.1 Å². The topological polar surface area (TPSA) is 80.7 Å². The molecule has 0 unspecified atom stereocenters. The third-order valence-corrected chi connectivity index (χ3v) is 3.28. The summed E-state index contributed by atoms with van der Waals surface area (Å²) in [5.74, 6) is 0.457. The number of oxime groups is 1. The lowest BCUT2D eigenvalue weighted by Crippen LogP contribution is -2.15. The van der Waals surface area contributed by atoms with Crippen LogP contribution in [0.2, 0.25) is 0 Å². The molecule has 0 fully saturated rings. The van der Waals surface area contributed by atoms with Gasteiger partial charge in [-0.15, -0.1) is 0 Å². The molecule has 6 heteroatoms. The maximum Gasteiger partial charge on any atom is 0.173 e. The molecule has 1 aromatic carbocycles. The molecule has 0 aliphatic heterocycles. The van der Waals surface area contributed by atoms with Crippen LogP contribution in [0.1, 0.15) is 11.1 Å². The van der Waals surface area contributed by atoms with Crippen LogP contribution in [0, 0.1) is 0 Å². The van der Waals surface area contributed by atoms with E-state index in [1.54, 1.807) is 12.3 Å². The van der Waals surface area contributed by atoms with Crippen LogP contribution in [0.25, 0.3) is 0 Å². The summed E-state index contributed by atoms with van der Waals surface area (Å²) in [7, 11) is 0. The average Bonchev–Trinajstić information content (AvgIpc) is 2.46. The van der Waals surface area contributed by atoms with Crippen molar-refractivity contribution in [2.24, 2.45) is 10.9 Å². The molecule has 0 aliphatic rings. The van der Waals surface area contributed by atoms with E-state index in [-0.39, 0.29) is 5.84 Å². The summed E-state index contributed by atoms with van der Waals surface area (Å²) < 4.78 is 6.62. The van der Waals surface area contributed by atoms with Crippen molar-refractivity contribution in [2.75, 3.05) is 0 Å². The number of rotatable bonds is 4. The van der Waals surface area contributed by atoms with Crippen molar-refractivity contribution in [3.8, 4) is 5.75 Å². The van der Waals surface area contributed by atoms with Gasteiger partial charge in [-0.1, -0.05) is 39.3 Å². The molecule has 98 valence electrons. The molecule has 0 radical (unpaired) electrons. The van der Waals surface area contributed by atoms with Gasteiger partial charge in [0.15, 0.2) is 5.84 Å². The van der Waals surface area contributed by atoms with Crippen molar-refractivity contribution >= 4 is 21.8 Å². The lowest BCUT2D eigenvalue weighted by molar-refractivity contribution is 0.301. The van der Waals surface area contributed by atoms with Gasteiger partial charge in [0.25, 0.3) is 0 Å². The van der Waals surface area contributed by atoms with Crippen molar-refractivity contribution in [3.05, 3.63) is 58.3 Å². The summed E-state index contributed by atoms with van der Waals surface area (Å²) in [6.45, 7) is 0.360. The number of hydrogen-bond acceptors (Lipinski definition) is 4. The number of hydrogen-bond donors (Lipinski definition) is 2. The molecule has 0 saturated carbocycles. The molecule has 19 heavy (non-hydrogen) atoms. The summed E-state index contributed by atoms with van der Waals surface area (Å²) in [5, 5.41) is 11.7. The summed E-state index contributed by atoms with van der Waals surface area (Å²) in [4.78, 5) is 3.97. The second kappa shape index (κ2) is 6.19. The molecule has 0 saturated heterocycles. The predicted octanol–water partition coefficient (Wildman–Crippen LogP) is 2.52. The third-order valence-electron chi connectivity index (χ3n) is 2.51. The molecule has 0 amide bonds. The SMILES string of the molecule is N/C(=N/O)c1ccncc1OCc1ccccc1Br. The van der Waals surface area contributed by atoms with Crippen molar-refractivity contribution in [1.82, 2.24) is 4.98 Å². The molecule has 0 spiro atoms. The van der Waals surface area contributed by atoms with E-state index in [9.17, 15) is 0 Å². The van der Waals surface area contributed by atoms with E-state index in [0.29, 0.717) is 17.9 Å². The van der Waals surface area contributed by atoms with Crippen LogP contribution in [0.4, 0.5) is 0 Å². The van der Waals surface area contributed by atoms with Gasteiger partial charge in [0.1, 0.15) is 12.4 Å². The van der Waals surface area contributed by atoms with Crippen LogP contribution < -0.4 is 10.5 Å². The van der Waals surface area contributed by atoms with Crippen LogP contribution >= 0.6 is 15.9 Å². The lowest BCUT2D eigenvalue weighted by atomic mass is 10.2. The first-order valence-corrected chi connectivity index (χ1v) is 6.30. The number of halogens is 1. The van der Waals surface area contributed by atoms with Gasteiger partial charge < -0.3 is 15.7 Å². The summed E-state index contributed by atoms with van der Waals surface area (Å²) >= 11 is 3.45. The molecular formula is C13H12BrN3O2. The summed E-state index contributed by atoms with van der Waals surface area (Å²) in [6.07, 6.45) is 3.09. The van der Waals surface area contributed by atoms with Crippen LogP contribution in [0.15, 0.2) is 52.4 Å². The molecule has 1 aromatic heterocycles. The van der Waals surface area contributed by atoms with E-state index >= 15 is 0 Å². The Hall–Kier alpha value is -2.08. The summed E-state index contributed by atoms with van der Waals surface area (Å²) in [5.41, 5.74) is 7.08. The molecular weight excluding hydrogens is 310 g/mol. The highest BCUT2D eigenvalue weighted by Crippen LogP contribution is 2.21. The molecule has 3 N–H and O–H groups in total. The Morgan fingerprint density at radius 2 is 2.16 bits per heavy atom. The molecule has 1 heterocycles. The van der Waals surface area contributed by atoms with Gasteiger partial charge in [0.05, 0.1) is 11.8 Å². The molecule has 2 rings (SSSR count). The van der Waals surface area contributed by atoms with Crippen LogP contribution in [0.5, 0.6) is 5.75 Å². The number of amidine groups is 1. The van der Waals surface area contributed by atoms with Gasteiger partial charge >= 0.3 is 0 Å². The van der Waals surface area contributed by atoms with Crippen LogP contribution in [-0.4, -0.2) is 16.0 Å². The minimum absolute atomic E-state index is 0.00970. The quantitative estimate of drug-likeness (QED) is 0.392. The van der Waals surface area contributed by atoms with E-state index in [1.807, 2.05) is 24.3 Å². The highest BCUT2D eigenvalue weighted by molar-refractivity contribution is 9.10. The maximum atomic E-state index is 8.72. The Morgan fingerprint density at radius 3 is 2.89 bits per heavy atom. The predicted molar refractivity (Wildman–Crippen MR) is 75.2 cm³/mol. The molecule has 5 nitrogen and oxygen atoms in total. The van der Waals surface area contributed by atoms with E-state index in [4.69, 9.17) is 15.7 Å². The Labute approximate surface area is 118 Å². The number of aromatic nitrogens is 1. The van der Waals surface area contributed by atoms with Gasteiger partial charge in [0.2, 0.25) is 0 Å². The fourth-order valence-electron chi connectivity index (χ4n) is 1.53. The smallest absolute Gasteiger partial charge is 0.173 e. The molecule has 0 bridgehead atoms. The second-order valence-corrected chi connectivity index (χ2v) is 4.59. The Morgan fingerprint density at radius 1 is 1.37 bits per heavy atom. The van der Waals surface area contributed by atoms with Gasteiger partial charge in [-0.05, 0) is 12.1 Å². The van der Waals surface area contributed by atoms with Gasteiger partial charge in [-0.2, -0.15) is 0 Å². The normalized spacial score (nSPS) is 11.3. The Balaban J connectivity index is 2.19. The molecule has 2 aromatic rings. The largest absolute Gasteiger partial charge is 0.486 e. The van der Waals surface area contributed by atoms with Crippen LogP contribution in [-0.2, 0) is 6.61 Å². The fraction of sp³-hybridized carbons (Fsp3) is 0.0769. The second-order valence-electron chi connectivity index (χ2n) is 3.74. The zero-order chi connectivity index (χ0) is 13.7. The molecule has 0 atom stereocenters. The third kappa shape index (κ3) is 3.23. The first-order valence-electron chi connectivity index (χ1n) is 5.50. The zero-order valence-corrected chi connectivity index (χ0v) is 11.5. The Bertz CT molecular complexity index is 602. The monoisotopic (exact) mass is 321 g/mol. The minimum atomic E-state index is -0.00970. The fourth-order valence-corrected chi connectivity index (χ4v) is 1.93. The highest BCUT2D eigenvalue weighted by Gasteiger charge is 2.09. The van der Waals surface area contributed by atoms with E-state index in [0.717, 1.165) is 10.0 Å². The van der Waals surface area contributed by atoms with Gasteiger partial charge in [0, 0.05) is 16.2 Å². The zero-order valence-electron chi connectivity index (χ0n) is 9.95. The van der Waals surface area contributed by atoms with Crippen molar-refractivity contribution in [3.63, 3.8) is 0 Å². The van der Waals surface area contributed by atoms with E-state index in [1.165, 1.54) is 6.20 Å². The number of ether oxygens (including phenoxy) is 1. The van der Waals surface area contributed by atoms with Crippen LogP contribution in [0.3, 0.4) is 0 Å². The lowest BCUT2D eigenvalue weighted by Gasteiger charge is -2.10. The number of pyridine rings is 1. The van der Waals surface area contributed by atoms with Crippen molar-refractivity contribution in [2.45, 2.75) is 6.61 Å². The average molecular weight is 322 g/mol. The van der Waals surface area contributed by atoms with Crippen molar-refractivity contribution < 1.29 is 9.94 Å². The summed E-state index contributed by atoms with van der Waals surface area (Å²) in [6, 6.07) is 9.37. The van der Waals surface area contributed by atoms with Gasteiger partial charge in [-0.25, -0.2) is 0 Å². The molecule has 0 aliphatic carbocycles. The first-order chi connectivity index (χ1) is 9.22. The van der Waals surface area contributed by atoms with E-state index < -0.39 is 0 Å². The first kappa shape index (κ1) is 13.4. The van der Waals surface area contributed by atoms with Crippen molar-refractivity contribution in [1.29, 1.82) is 0 Å². The standard InChI is InChI=1S/C13H12BrN3O2/c14-11-4-2-1-3-9(11)8-19-12-7-16-6-5-10(12)13(15)17-18/h1-7,18H,8H2,(H2,15,17). The Kier molecular flexibility index (Phi) is 4.35. The number of nitrogens with two attached hydrogens (primary N) is 1. The van der Waals surface area contributed by atoms with Gasteiger partial charge in [-0.3, -0.25) is 4.98 Å².